The van der Waals surface area contributed by atoms with Crippen molar-refractivity contribution in [1.29, 1.82) is 0 Å². The van der Waals surface area contributed by atoms with Gasteiger partial charge in [-0.05, 0) is 26.0 Å². The molecule has 0 unspecified atom stereocenters. The van der Waals surface area contributed by atoms with Crippen LogP contribution in [0.4, 0.5) is 0 Å². The molecule has 0 aliphatic rings. The van der Waals surface area contributed by atoms with Gasteiger partial charge in [0, 0.05) is 11.6 Å². The van der Waals surface area contributed by atoms with Gasteiger partial charge in [0.15, 0.2) is 11.5 Å². The van der Waals surface area contributed by atoms with Crippen molar-refractivity contribution in [2.45, 2.75) is 19.9 Å². The van der Waals surface area contributed by atoms with Gasteiger partial charge in [0.2, 0.25) is 0 Å². The van der Waals surface area contributed by atoms with Crippen molar-refractivity contribution in [1.82, 2.24) is 10.7 Å². The Hall–Kier alpha value is -2.57. The maximum Gasteiger partial charge on any atom is 0.329 e. The second kappa shape index (κ2) is 6.39. The molecule has 7 heteroatoms. The van der Waals surface area contributed by atoms with E-state index in [0.29, 0.717) is 0 Å². The molecule has 0 spiro atoms. The zero-order chi connectivity index (χ0) is 14.4. The average Bonchev–Trinajstić information content (AvgIpc) is 2.33. The third-order valence-corrected chi connectivity index (χ3v) is 2.04. The molecule has 0 saturated carbocycles. The number of nitrogens with one attached hydrogen (secondary N) is 2. The predicted octanol–water partition coefficient (Wildman–Crippen LogP) is 0.0725. The lowest BCUT2D eigenvalue weighted by molar-refractivity contribution is -0.139. The predicted molar refractivity (Wildman–Crippen MR) is 68.8 cm³/mol. The first-order chi connectivity index (χ1) is 8.91. The standard InChI is InChI=1S/C12H15N3O4/c1-7(2)14-11(18)12(19)15-13-6-8-4-3-5-9(16)10(8)17/h3-7,16-17H,1-2H3,(H,14,18)(H,15,19)/b13-6+. The summed E-state index contributed by atoms with van der Waals surface area (Å²) in [6.45, 7) is 3.44. The van der Waals surface area contributed by atoms with Crippen LogP contribution in [0.15, 0.2) is 23.3 Å². The van der Waals surface area contributed by atoms with Crippen LogP contribution in [-0.2, 0) is 9.59 Å². The summed E-state index contributed by atoms with van der Waals surface area (Å²) in [6.07, 6.45) is 1.12. The molecule has 0 fully saturated rings. The van der Waals surface area contributed by atoms with Crippen LogP contribution < -0.4 is 10.7 Å². The van der Waals surface area contributed by atoms with Crippen molar-refractivity contribution in [2.75, 3.05) is 0 Å². The summed E-state index contributed by atoms with van der Waals surface area (Å²) in [4.78, 5) is 22.5. The van der Waals surface area contributed by atoms with Gasteiger partial charge in [-0.2, -0.15) is 5.10 Å². The molecule has 1 rings (SSSR count). The third kappa shape index (κ3) is 4.30. The molecule has 1 aromatic rings. The summed E-state index contributed by atoms with van der Waals surface area (Å²) >= 11 is 0. The SMILES string of the molecule is CC(C)NC(=O)C(=O)N/N=C/c1cccc(O)c1O. The van der Waals surface area contributed by atoms with Crippen molar-refractivity contribution >= 4 is 18.0 Å². The van der Waals surface area contributed by atoms with E-state index in [9.17, 15) is 19.8 Å². The first-order valence-corrected chi connectivity index (χ1v) is 5.56. The number of rotatable bonds is 3. The van der Waals surface area contributed by atoms with Crippen molar-refractivity contribution in [3.63, 3.8) is 0 Å². The summed E-state index contributed by atoms with van der Waals surface area (Å²) in [5.41, 5.74) is 2.22. The molecule has 4 N–H and O–H groups in total. The zero-order valence-corrected chi connectivity index (χ0v) is 10.5. The largest absolute Gasteiger partial charge is 0.504 e. The molecule has 102 valence electrons. The highest BCUT2D eigenvalue weighted by Crippen LogP contribution is 2.26. The molecule has 0 heterocycles. The van der Waals surface area contributed by atoms with Crippen molar-refractivity contribution in [2.24, 2.45) is 5.10 Å². The molecule has 0 atom stereocenters. The van der Waals surface area contributed by atoms with Crippen LogP contribution >= 0.6 is 0 Å². The Labute approximate surface area is 109 Å². The summed E-state index contributed by atoms with van der Waals surface area (Å²) in [5.74, 6) is -2.36. The van der Waals surface area contributed by atoms with Crippen LogP contribution in [0.25, 0.3) is 0 Å². The van der Waals surface area contributed by atoms with Crippen molar-refractivity contribution < 1.29 is 19.8 Å². The highest BCUT2D eigenvalue weighted by Gasteiger charge is 2.13. The molecule has 2 amide bonds. The number of hydrogen-bond donors (Lipinski definition) is 4. The Morgan fingerprint density at radius 2 is 1.95 bits per heavy atom. The van der Waals surface area contributed by atoms with Crippen LogP contribution in [0, 0.1) is 0 Å². The minimum Gasteiger partial charge on any atom is -0.504 e. The van der Waals surface area contributed by atoms with E-state index in [1.165, 1.54) is 18.2 Å². The maximum atomic E-state index is 11.3. The lowest BCUT2D eigenvalue weighted by atomic mass is 10.2. The number of aromatic hydroxyl groups is 2. The molecule has 0 radical (unpaired) electrons. The molecular weight excluding hydrogens is 250 g/mol. The summed E-state index contributed by atoms with van der Waals surface area (Å²) in [7, 11) is 0. The van der Waals surface area contributed by atoms with Gasteiger partial charge in [-0.3, -0.25) is 9.59 Å². The van der Waals surface area contributed by atoms with E-state index < -0.39 is 11.8 Å². The number of nitrogens with zero attached hydrogens (tertiary/aromatic N) is 1. The molecule has 19 heavy (non-hydrogen) atoms. The van der Waals surface area contributed by atoms with E-state index in [1.54, 1.807) is 13.8 Å². The first-order valence-electron chi connectivity index (χ1n) is 5.56. The van der Waals surface area contributed by atoms with E-state index in [-0.39, 0.29) is 23.1 Å². The van der Waals surface area contributed by atoms with Crippen LogP contribution in [0.1, 0.15) is 19.4 Å². The van der Waals surface area contributed by atoms with Crippen LogP contribution in [-0.4, -0.2) is 34.3 Å². The quantitative estimate of drug-likeness (QED) is 0.268. The Bertz CT molecular complexity index is 512. The minimum atomic E-state index is -0.912. The molecule has 0 aliphatic carbocycles. The number of amides is 2. The van der Waals surface area contributed by atoms with Gasteiger partial charge >= 0.3 is 11.8 Å². The maximum absolute atomic E-state index is 11.3. The lowest BCUT2D eigenvalue weighted by Gasteiger charge is -2.06. The Morgan fingerprint density at radius 1 is 1.26 bits per heavy atom. The second-order valence-corrected chi connectivity index (χ2v) is 4.04. The fourth-order valence-electron chi connectivity index (χ4n) is 1.19. The first kappa shape index (κ1) is 14.5. The van der Waals surface area contributed by atoms with Gasteiger partial charge in [0.1, 0.15) is 0 Å². The van der Waals surface area contributed by atoms with Gasteiger partial charge in [-0.15, -0.1) is 0 Å². The smallest absolute Gasteiger partial charge is 0.329 e. The van der Waals surface area contributed by atoms with E-state index in [4.69, 9.17) is 0 Å². The lowest BCUT2D eigenvalue weighted by Crippen LogP contribution is -2.41. The average molecular weight is 265 g/mol. The minimum absolute atomic E-state index is 0.155. The molecule has 0 aliphatic heterocycles. The number of benzene rings is 1. The molecule has 0 aromatic heterocycles. The monoisotopic (exact) mass is 265 g/mol. The summed E-state index contributed by atoms with van der Waals surface area (Å²) in [6, 6.07) is 4.14. The van der Waals surface area contributed by atoms with E-state index in [2.05, 4.69) is 10.4 Å². The number of carbonyl (C=O) groups is 2. The molecule has 0 saturated heterocycles. The molecule has 7 nitrogen and oxygen atoms in total. The number of para-hydroxylation sites is 1. The topological polar surface area (TPSA) is 111 Å². The van der Waals surface area contributed by atoms with Crippen molar-refractivity contribution in [3.8, 4) is 11.5 Å². The highest BCUT2D eigenvalue weighted by molar-refractivity contribution is 6.35. The van der Waals surface area contributed by atoms with Gasteiger partial charge in [-0.25, -0.2) is 5.43 Å². The van der Waals surface area contributed by atoms with E-state index in [1.807, 2.05) is 5.43 Å². The zero-order valence-electron chi connectivity index (χ0n) is 10.5. The molecular formula is C12H15N3O4. The summed E-state index contributed by atoms with van der Waals surface area (Å²) < 4.78 is 0. The molecule has 1 aromatic carbocycles. The number of phenolic OH excluding ortho intramolecular Hbond substituents is 2. The Balaban J connectivity index is 2.61. The van der Waals surface area contributed by atoms with E-state index in [0.717, 1.165) is 6.21 Å². The van der Waals surface area contributed by atoms with Crippen LogP contribution in [0.5, 0.6) is 11.5 Å². The highest BCUT2D eigenvalue weighted by atomic mass is 16.3. The summed E-state index contributed by atoms with van der Waals surface area (Å²) in [5, 5.41) is 24.6. The molecule has 0 bridgehead atoms. The number of carbonyl (C=O) groups excluding carboxylic acids is 2. The van der Waals surface area contributed by atoms with Gasteiger partial charge in [0.05, 0.1) is 6.21 Å². The van der Waals surface area contributed by atoms with E-state index >= 15 is 0 Å². The Kier molecular flexibility index (Phi) is 4.87. The van der Waals surface area contributed by atoms with Gasteiger partial charge in [-0.1, -0.05) is 6.07 Å². The fraction of sp³-hybridized carbons (Fsp3) is 0.250. The van der Waals surface area contributed by atoms with Crippen LogP contribution in [0.2, 0.25) is 0 Å². The van der Waals surface area contributed by atoms with Gasteiger partial charge < -0.3 is 15.5 Å². The van der Waals surface area contributed by atoms with Crippen molar-refractivity contribution in [3.05, 3.63) is 23.8 Å². The van der Waals surface area contributed by atoms with Crippen LogP contribution in [0.3, 0.4) is 0 Å². The normalized spacial score (nSPS) is 10.7. The number of hydrogen-bond acceptors (Lipinski definition) is 5. The number of hydrazone groups is 1. The second-order valence-electron chi connectivity index (χ2n) is 4.04. The number of phenols is 2. The fourth-order valence-corrected chi connectivity index (χ4v) is 1.19. The third-order valence-electron chi connectivity index (χ3n) is 2.04. The Morgan fingerprint density at radius 3 is 2.58 bits per heavy atom. The van der Waals surface area contributed by atoms with Gasteiger partial charge in [0.25, 0.3) is 0 Å².